The summed E-state index contributed by atoms with van der Waals surface area (Å²) in [7, 11) is -2.98. The number of alkyl halides is 2. The predicted molar refractivity (Wildman–Crippen MR) is 34.6 cm³/mol. The first-order chi connectivity index (χ1) is 5.07. The maximum atomic E-state index is 11.5. The Labute approximate surface area is 63.2 Å². The fourth-order valence-corrected chi connectivity index (χ4v) is 0.716. The standard InChI is InChI=1S/C4H9F2NO3P/c5-4(6)11(9)10-2-3(8)1-7/h3-4,8H,1-2,7H2/q+1. The monoisotopic (exact) mass is 188 g/mol. The van der Waals surface area contributed by atoms with E-state index in [2.05, 4.69) is 4.52 Å². The summed E-state index contributed by atoms with van der Waals surface area (Å²) in [6, 6.07) is 0. The number of nitrogens with two attached hydrogens (primary N) is 1. The molecule has 0 bridgehead atoms. The molecular weight excluding hydrogens is 179 g/mol. The molecule has 0 saturated heterocycles. The van der Waals surface area contributed by atoms with E-state index >= 15 is 0 Å². The molecule has 66 valence electrons. The van der Waals surface area contributed by atoms with Crippen LogP contribution in [0, 0.1) is 0 Å². The maximum absolute atomic E-state index is 11.5. The van der Waals surface area contributed by atoms with Crippen LogP contribution < -0.4 is 5.73 Å². The summed E-state index contributed by atoms with van der Waals surface area (Å²) in [5, 5.41) is 8.67. The molecule has 0 fully saturated rings. The molecule has 4 nitrogen and oxygen atoms in total. The highest BCUT2D eigenvalue weighted by Gasteiger charge is 2.32. The molecule has 0 saturated carbocycles. The normalized spacial score (nSPS) is 15.2. The summed E-state index contributed by atoms with van der Waals surface area (Å²) in [6.07, 6.45) is -4.04. The zero-order valence-corrected chi connectivity index (χ0v) is 6.51. The van der Waals surface area contributed by atoms with Crippen molar-refractivity contribution in [3.63, 3.8) is 0 Å². The van der Waals surface area contributed by atoms with Gasteiger partial charge in [0, 0.05) is 6.54 Å². The molecule has 0 aliphatic carbocycles. The number of aliphatic hydroxyl groups excluding tert-OH is 1. The molecule has 2 unspecified atom stereocenters. The first-order valence-electron chi connectivity index (χ1n) is 2.83. The number of halogens is 2. The second-order valence-electron chi connectivity index (χ2n) is 1.75. The molecule has 11 heavy (non-hydrogen) atoms. The largest absolute Gasteiger partial charge is 0.582 e. The lowest BCUT2D eigenvalue weighted by molar-refractivity contribution is 0.109. The topological polar surface area (TPSA) is 72.6 Å². The first-order valence-corrected chi connectivity index (χ1v) is 4.08. The number of rotatable bonds is 5. The van der Waals surface area contributed by atoms with Crippen LogP contribution in [0.25, 0.3) is 0 Å². The van der Waals surface area contributed by atoms with Crippen LogP contribution in [-0.2, 0) is 9.09 Å². The number of aliphatic hydroxyl groups is 1. The smallest absolute Gasteiger partial charge is 0.389 e. The van der Waals surface area contributed by atoms with Gasteiger partial charge in [-0.1, -0.05) is 0 Å². The summed E-state index contributed by atoms with van der Waals surface area (Å²) in [6.45, 7) is -0.525. The van der Waals surface area contributed by atoms with Crippen molar-refractivity contribution >= 4 is 8.03 Å². The lowest BCUT2D eigenvalue weighted by Gasteiger charge is -1.99. The van der Waals surface area contributed by atoms with Crippen LogP contribution in [0.15, 0.2) is 0 Å². The molecule has 0 amide bonds. The van der Waals surface area contributed by atoms with E-state index in [4.69, 9.17) is 10.8 Å². The van der Waals surface area contributed by atoms with Crippen LogP contribution in [0.4, 0.5) is 8.78 Å². The maximum Gasteiger partial charge on any atom is 0.582 e. The Hall–Kier alpha value is -0.160. The van der Waals surface area contributed by atoms with Gasteiger partial charge in [-0.15, -0.1) is 4.52 Å². The zero-order valence-electron chi connectivity index (χ0n) is 5.61. The van der Waals surface area contributed by atoms with Crippen molar-refractivity contribution in [1.82, 2.24) is 0 Å². The van der Waals surface area contributed by atoms with Gasteiger partial charge < -0.3 is 10.8 Å². The van der Waals surface area contributed by atoms with Gasteiger partial charge in [-0.2, -0.15) is 8.78 Å². The van der Waals surface area contributed by atoms with Crippen LogP contribution in [0.1, 0.15) is 0 Å². The molecule has 0 aliphatic heterocycles. The molecule has 0 spiro atoms. The SMILES string of the molecule is NCC(O)CO[P+](=O)C(F)F. The second-order valence-corrected chi connectivity index (χ2v) is 2.97. The Morgan fingerprint density at radius 2 is 2.18 bits per heavy atom. The highest BCUT2D eigenvalue weighted by molar-refractivity contribution is 7.39. The van der Waals surface area contributed by atoms with Crippen LogP contribution >= 0.6 is 8.03 Å². The molecule has 0 heterocycles. The molecule has 0 radical (unpaired) electrons. The average Bonchev–Trinajstić information content (AvgIpc) is 1.99. The van der Waals surface area contributed by atoms with Gasteiger partial charge in [0.25, 0.3) is 0 Å². The van der Waals surface area contributed by atoms with E-state index in [1.807, 2.05) is 0 Å². The Balaban J connectivity index is 3.46. The molecule has 0 aliphatic rings. The third-order valence-electron chi connectivity index (χ3n) is 0.826. The third kappa shape index (κ3) is 5.15. The van der Waals surface area contributed by atoms with E-state index in [9.17, 15) is 13.3 Å². The van der Waals surface area contributed by atoms with Crippen molar-refractivity contribution < 1.29 is 23.0 Å². The van der Waals surface area contributed by atoms with Gasteiger partial charge in [-0.3, -0.25) is 0 Å². The molecule has 0 aromatic heterocycles. The Morgan fingerprint density at radius 1 is 1.64 bits per heavy atom. The number of hydrogen-bond donors (Lipinski definition) is 2. The van der Waals surface area contributed by atoms with Crippen molar-refractivity contribution in [3.8, 4) is 0 Å². The van der Waals surface area contributed by atoms with Crippen molar-refractivity contribution in [3.05, 3.63) is 0 Å². The van der Waals surface area contributed by atoms with E-state index < -0.39 is 26.9 Å². The van der Waals surface area contributed by atoms with Gasteiger partial charge in [0.15, 0.2) is 0 Å². The van der Waals surface area contributed by atoms with Gasteiger partial charge in [-0.05, 0) is 4.57 Å². The minimum Gasteiger partial charge on any atom is -0.389 e. The minimum absolute atomic E-state index is 0.105. The average molecular weight is 188 g/mol. The summed E-state index contributed by atoms with van der Waals surface area (Å²) in [5.74, 6) is 0. The minimum atomic E-state index is -3.00. The van der Waals surface area contributed by atoms with Crippen LogP contribution in [0.5, 0.6) is 0 Å². The Morgan fingerprint density at radius 3 is 2.55 bits per heavy atom. The molecule has 3 N–H and O–H groups in total. The van der Waals surface area contributed by atoms with Gasteiger partial charge in [0.05, 0.1) is 6.10 Å². The van der Waals surface area contributed by atoms with Crippen molar-refractivity contribution in [2.24, 2.45) is 5.73 Å². The van der Waals surface area contributed by atoms with Crippen LogP contribution in [-0.4, -0.2) is 30.5 Å². The second kappa shape index (κ2) is 5.49. The summed E-state index contributed by atoms with van der Waals surface area (Å²) in [4.78, 5) is 0. The summed E-state index contributed by atoms with van der Waals surface area (Å²) < 4.78 is 37.2. The number of hydrogen-bond acceptors (Lipinski definition) is 4. The fraction of sp³-hybridized carbons (Fsp3) is 1.00. The third-order valence-corrected chi connectivity index (χ3v) is 1.55. The van der Waals surface area contributed by atoms with E-state index in [0.717, 1.165) is 0 Å². The molecular formula is C4H9F2NO3P+. The van der Waals surface area contributed by atoms with Gasteiger partial charge in [-0.25, -0.2) is 0 Å². The molecule has 0 aromatic rings. The van der Waals surface area contributed by atoms with E-state index in [0.29, 0.717) is 0 Å². The lowest BCUT2D eigenvalue weighted by atomic mass is 10.4. The van der Waals surface area contributed by atoms with Crippen molar-refractivity contribution in [2.75, 3.05) is 13.2 Å². The van der Waals surface area contributed by atoms with Crippen molar-refractivity contribution in [2.45, 2.75) is 12.3 Å². The lowest BCUT2D eigenvalue weighted by Crippen LogP contribution is -2.24. The van der Waals surface area contributed by atoms with Crippen molar-refractivity contribution in [1.29, 1.82) is 0 Å². The quantitative estimate of drug-likeness (QED) is 0.608. The predicted octanol–water partition coefficient (Wildman–Crippen LogP) is 0.288. The van der Waals surface area contributed by atoms with Gasteiger partial charge in [0.2, 0.25) is 0 Å². The molecule has 7 heteroatoms. The van der Waals surface area contributed by atoms with E-state index in [1.54, 1.807) is 0 Å². The molecule has 2 atom stereocenters. The van der Waals surface area contributed by atoms with Crippen LogP contribution in [0.2, 0.25) is 0 Å². The highest BCUT2D eigenvalue weighted by atomic mass is 31.1. The Kier molecular flexibility index (Phi) is 5.41. The fourth-order valence-electron chi connectivity index (χ4n) is 0.284. The van der Waals surface area contributed by atoms with E-state index in [-0.39, 0.29) is 6.54 Å². The van der Waals surface area contributed by atoms with Gasteiger partial charge >= 0.3 is 14.2 Å². The Bertz CT molecular complexity index is 135. The highest BCUT2D eigenvalue weighted by Crippen LogP contribution is 2.31. The first kappa shape index (κ1) is 10.8. The molecule has 0 rings (SSSR count). The summed E-state index contributed by atoms with van der Waals surface area (Å²) >= 11 is 0. The van der Waals surface area contributed by atoms with Gasteiger partial charge in [0.1, 0.15) is 6.61 Å². The van der Waals surface area contributed by atoms with E-state index in [1.165, 1.54) is 0 Å². The molecule has 0 aromatic carbocycles. The van der Waals surface area contributed by atoms with Crippen LogP contribution in [0.3, 0.4) is 0 Å². The summed E-state index contributed by atoms with van der Waals surface area (Å²) in [5.41, 5.74) is 4.92. The zero-order chi connectivity index (χ0) is 8.85.